The molecule has 1 aliphatic carbocycles. The first-order chi connectivity index (χ1) is 17.3. The number of fused-ring (bicyclic) bond motifs is 1. The van der Waals surface area contributed by atoms with Crippen LogP contribution in [0.5, 0.6) is 0 Å². The number of anilines is 2. The maximum absolute atomic E-state index is 14.5. The second-order valence-electron chi connectivity index (χ2n) is 8.68. The molecule has 1 saturated carbocycles. The van der Waals surface area contributed by atoms with E-state index in [2.05, 4.69) is 5.32 Å². The van der Waals surface area contributed by atoms with Crippen LogP contribution >= 0.6 is 0 Å². The highest BCUT2D eigenvalue weighted by molar-refractivity contribution is 7.80. The van der Waals surface area contributed by atoms with E-state index in [0.717, 1.165) is 28.8 Å². The summed E-state index contributed by atoms with van der Waals surface area (Å²) >= 11 is -2.74. The number of nitrogens with two attached hydrogens (primary N) is 1. The fraction of sp³-hybridized carbons (Fsp3) is 0.192. The molecule has 4 aromatic rings. The Kier molecular flexibility index (Phi) is 6.23. The number of nitrogens with one attached hydrogen (secondary N) is 1. The zero-order valence-electron chi connectivity index (χ0n) is 19.2. The lowest BCUT2D eigenvalue weighted by atomic mass is 10.00. The van der Waals surface area contributed by atoms with E-state index in [4.69, 9.17) is 10.2 Å². The zero-order chi connectivity index (χ0) is 25.6. The van der Waals surface area contributed by atoms with E-state index < -0.39 is 28.8 Å². The number of carbonyl (C=O) groups excluding carboxylic acids is 1. The number of amides is 1. The molecular weight excluding hydrogens is 488 g/mol. The molecule has 0 saturated heterocycles. The lowest BCUT2D eigenvalue weighted by Crippen LogP contribution is -2.26. The van der Waals surface area contributed by atoms with Gasteiger partial charge in [0.1, 0.15) is 23.0 Å². The molecule has 0 radical (unpaired) electrons. The van der Waals surface area contributed by atoms with Crippen molar-refractivity contribution in [3.8, 4) is 11.3 Å². The van der Waals surface area contributed by atoms with E-state index >= 15 is 0 Å². The summed E-state index contributed by atoms with van der Waals surface area (Å²) in [5.74, 6) is -1.11. The number of benzene rings is 3. The molecule has 1 heterocycles. The van der Waals surface area contributed by atoms with Gasteiger partial charge in [-0.1, -0.05) is 6.07 Å². The van der Waals surface area contributed by atoms with Gasteiger partial charge in [0.05, 0.1) is 17.8 Å². The third-order valence-corrected chi connectivity index (χ3v) is 6.94. The quantitative estimate of drug-likeness (QED) is 0.269. The van der Waals surface area contributed by atoms with Gasteiger partial charge in [-0.25, -0.2) is 8.78 Å². The van der Waals surface area contributed by atoms with Crippen LogP contribution in [0.1, 0.15) is 40.2 Å². The highest BCUT2D eigenvalue weighted by atomic mass is 32.2. The predicted molar refractivity (Wildman–Crippen MR) is 133 cm³/mol. The van der Waals surface area contributed by atoms with Crippen LogP contribution in [0.4, 0.5) is 20.2 Å². The lowest BCUT2D eigenvalue weighted by Gasteiger charge is -2.29. The van der Waals surface area contributed by atoms with Crippen LogP contribution < -0.4 is 15.4 Å². The van der Waals surface area contributed by atoms with Crippen molar-refractivity contribution in [2.24, 2.45) is 0 Å². The molecule has 0 spiro atoms. The molecule has 1 fully saturated rings. The van der Waals surface area contributed by atoms with E-state index in [1.54, 1.807) is 12.1 Å². The van der Waals surface area contributed by atoms with Crippen molar-refractivity contribution in [2.45, 2.75) is 25.3 Å². The molecule has 0 bridgehead atoms. The second-order valence-corrected chi connectivity index (χ2v) is 9.55. The van der Waals surface area contributed by atoms with E-state index in [1.807, 2.05) is 0 Å². The number of hydrogen-bond acceptors (Lipinski definition) is 5. The molecule has 7 nitrogen and oxygen atoms in total. The van der Waals surface area contributed by atoms with Gasteiger partial charge in [-0.3, -0.25) is 13.3 Å². The Morgan fingerprint density at radius 2 is 1.89 bits per heavy atom. The molecule has 3 aromatic carbocycles. The fourth-order valence-electron chi connectivity index (χ4n) is 4.31. The number of halogens is 2. The number of carbonyl (C=O) groups is 1. The van der Waals surface area contributed by atoms with Crippen molar-refractivity contribution in [3.63, 3.8) is 0 Å². The summed E-state index contributed by atoms with van der Waals surface area (Å²) in [5.41, 5.74) is 8.13. The summed E-state index contributed by atoms with van der Waals surface area (Å²) in [6.07, 6.45) is 1.71. The number of furan rings is 1. The summed E-state index contributed by atoms with van der Waals surface area (Å²) in [6, 6.07) is 13.0. The first-order valence-electron chi connectivity index (χ1n) is 11.3. The smallest absolute Gasteiger partial charge is 0.255 e. The zero-order valence-corrected chi connectivity index (χ0v) is 20.0. The van der Waals surface area contributed by atoms with Crippen molar-refractivity contribution >= 4 is 39.5 Å². The summed E-state index contributed by atoms with van der Waals surface area (Å²) in [5, 5.41) is 3.12. The van der Waals surface area contributed by atoms with Gasteiger partial charge in [0.15, 0.2) is 0 Å². The average molecular weight is 511 g/mol. The predicted octanol–water partition coefficient (Wildman–Crippen LogP) is 5.00. The van der Waals surface area contributed by atoms with Crippen LogP contribution in [0.3, 0.4) is 0 Å². The maximum atomic E-state index is 14.5. The second kappa shape index (κ2) is 9.36. The van der Waals surface area contributed by atoms with E-state index in [-0.39, 0.29) is 40.6 Å². The van der Waals surface area contributed by atoms with Crippen LogP contribution in [-0.2, 0) is 17.8 Å². The van der Waals surface area contributed by atoms with Crippen molar-refractivity contribution in [2.75, 3.05) is 17.1 Å². The molecule has 36 heavy (non-hydrogen) atoms. The topological polar surface area (TPSA) is 112 Å². The SMILES string of the molecule is CNC(=O)c1c(-c2ccc(F)cc2)oc2cc(N(Cc3ccc(N)cc3F)S(=O)[O-])c(C3CC3)cc12. The summed E-state index contributed by atoms with van der Waals surface area (Å²) in [4.78, 5) is 12.9. The third kappa shape index (κ3) is 4.45. The van der Waals surface area contributed by atoms with Gasteiger partial charge in [0.2, 0.25) is 0 Å². The van der Waals surface area contributed by atoms with Crippen molar-refractivity contribution in [1.29, 1.82) is 0 Å². The molecule has 1 unspecified atom stereocenters. The standard InChI is InChI=1S/C26H23F2N3O4S/c1-30-26(32)24-20-11-19(14-2-3-14)22(12-23(20)35-25(24)15-4-7-17(27)8-5-15)31(36(33)34)13-16-6-9-18(29)10-21(16)28/h4-12,14H,2-3,13,29H2,1H3,(H,30,32)(H,33,34)/p-1. The van der Waals surface area contributed by atoms with E-state index in [9.17, 15) is 22.3 Å². The van der Waals surface area contributed by atoms with Gasteiger partial charge >= 0.3 is 0 Å². The lowest BCUT2D eigenvalue weighted by molar-refractivity contribution is 0.0964. The number of hydrogen-bond donors (Lipinski definition) is 2. The van der Waals surface area contributed by atoms with Gasteiger partial charge in [0, 0.05) is 46.6 Å². The van der Waals surface area contributed by atoms with E-state index in [0.29, 0.717) is 16.6 Å². The summed E-state index contributed by atoms with van der Waals surface area (Å²) < 4.78 is 59.9. The van der Waals surface area contributed by atoms with Gasteiger partial charge in [-0.2, -0.15) is 0 Å². The normalized spacial score (nSPS) is 14.1. The third-order valence-electron chi connectivity index (χ3n) is 6.25. The molecular formula is C26H22F2N3O4S-. The number of nitrogen functional groups attached to an aromatic ring is 1. The largest absolute Gasteiger partial charge is 0.755 e. The monoisotopic (exact) mass is 510 g/mol. The average Bonchev–Trinajstić information content (AvgIpc) is 3.63. The molecule has 3 N–H and O–H groups in total. The highest BCUT2D eigenvalue weighted by Crippen LogP contribution is 2.48. The summed E-state index contributed by atoms with van der Waals surface area (Å²) in [6.45, 7) is -0.249. The Hall–Kier alpha value is -3.76. The molecule has 186 valence electrons. The molecule has 1 amide bonds. The first-order valence-corrected chi connectivity index (χ1v) is 12.3. The number of nitrogens with zero attached hydrogens (tertiary/aromatic N) is 1. The first kappa shape index (κ1) is 24.0. The van der Waals surface area contributed by atoms with Gasteiger partial charge in [-0.05, 0) is 66.8 Å². The molecule has 1 atom stereocenters. The Morgan fingerprint density at radius 3 is 2.50 bits per heavy atom. The van der Waals surface area contributed by atoms with E-state index in [1.165, 1.54) is 43.4 Å². The maximum Gasteiger partial charge on any atom is 0.255 e. The molecule has 10 heteroatoms. The van der Waals surface area contributed by atoms with Crippen LogP contribution in [-0.4, -0.2) is 21.7 Å². The van der Waals surface area contributed by atoms with Gasteiger partial charge in [0.25, 0.3) is 5.91 Å². The Bertz CT molecular complexity index is 1500. The van der Waals surface area contributed by atoms with Crippen LogP contribution in [0.2, 0.25) is 0 Å². The Balaban J connectivity index is 1.69. The molecule has 5 rings (SSSR count). The van der Waals surface area contributed by atoms with Gasteiger partial charge in [-0.15, -0.1) is 0 Å². The van der Waals surface area contributed by atoms with Crippen LogP contribution in [0, 0.1) is 11.6 Å². The number of rotatable bonds is 7. The summed E-state index contributed by atoms with van der Waals surface area (Å²) in [7, 11) is 1.50. The highest BCUT2D eigenvalue weighted by Gasteiger charge is 2.31. The van der Waals surface area contributed by atoms with Crippen molar-refractivity contribution < 1.29 is 26.8 Å². The Labute approximate surface area is 208 Å². The fourth-order valence-corrected chi connectivity index (χ4v) is 4.87. The minimum absolute atomic E-state index is 0.0911. The molecule has 1 aromatic heterocycles. The minimum Gasteiger partial charge on any atom is -0.755 e. The van der Waals surface area contributed by atoms with Crippen LogP contribution in [0.25, 0.3) is 22.3 Å². The minimum atomic E-state index is -2.74. The molecule has 1 aliphatic rings. The van der Waals surface area contributed by atoms with Crippen LogP contribution in [0.15, 0.2) is 59.0 Å². The molecule has 0 aliphatic heterocycles. The van der Waals surface area contributed by atoms with Crippen molar-refractivity contribution in [3.05, 3.63) is 82.9 Å². The van der Waals surface area contributed by atoms with Crippen molar-refractivity contribution in [1.82, 2.24) is 5.32 Å². The van der Waals surface area contributed by atoms with Gasteiger partial charge < -0.3 is 20.0 Å². The Morgan fingerprint density at radius 1 is 1.17 bits per heavy atom.